The van der Waals surface area contributed by atoms with Gasteiger partial charge in [-0.15, -0.1) is 0 Å². The van der Waals surface area contributed by atoms with Crippen molar-refractivity contribution >= 4 is 34.2 Å². The number of rotatable bonds is 5. The van der Waals surface area contributed by atoms with Gasteiger partial charge < -0.3 is 19.0 Å². The number of methoxy groups -OCH3 is 1. The number of aromatic nitrogens is 1. The standard InChI is InChI=1S/C20H15ClN2O4/c1-25-17-7-6-13(21)9-15(17)22-20(24)11-14-10-19(27-23-14)18-8-12-4-2-3-5-16(12)26-18/h2-10H,11H2,1H3,(H,22,24). The summed E-state index contributed by atoms with van der Waals surface area (Å²) in [4.78, 5) is 12.3. The van der Waals surface area contributed by atoms with Crippen molar-refractivity contribution in [2.75, 3.05) is 12.4 Å². The molecule has 2 aromatic heterocycles. The molecule has 0 atom stereocenters. The fourth-order valence-electron chi connectivity index (χ4n) is 2.75. The Hall–Kier alpha value is -3.25. The van der Waals surface area contributed by atoms with Crippen LogP contribution in [0.25, 0.3) is 22.5 Å². The van der Waals surface area contributed by atoms with Crippen LogP contribution in [0.5, 0.6) is 5.75 Å². The lowest BCUT2D eigenvalue weighted by Crippen LogP contribution is -2.15. The fourth-order valence-corrected chi connectivity index (χ4v) is 2.92. The van der Waals surface area contributed by atoms with Crippen LogP contribution in [0.2, 0.25) is 5.02 Å². The van der Waals surface area contributed by atoms with Crippen LogP contribution >= 0.6 is 11.6 Å². The molecular formula is C20H15ClN2O4. The van der Waals surface area contributed by atoms with Crippen molar-refractivity contribution in [2.24, 2.45) is 0 Å². The van der Waals surface area contributed by atoms with Gasteiger partial charge in [0.1, 0.15) is 11.3 Å². The van der Waals surface area contributed by atoms with E-state index in [0.29, 0.717) is 33.7 Å². The smallest absolute Gasteiger partial charge is 0.230 e. The van der Waals surface area contributed by atoms with Gasteiger partial charge in [0, 0.05) is 16.5 Å². The molecule has 1 amide bonds. The number of hydrogen-bond donors (Lipinski definition) is 1. The summed E-state index contributed by atoms with van der Waals surface area (Å²) in [6, 6.07) is 16.2. The average molecular weight is 383 g/mol. The normalized spacial score (nSPS) is 10.9. The highest BCUT2D eigenvalue weighted by molar-refractivity contribution is 6.31. The first kappa shape index (κ1) is 17.2. The van der Waals surface area contributed by atoms with Crippen molar-refractivity contribution in [1.29, 1.82) is 0 Å². The average Bonchev–Trinajstić information content (AvgIpc) is 3.28. The fraction of sp³-hybridized carbons (Fsp3) is 0.100. The van der Waals surface area contributed by atoms with Crippen LogP contribution in [-0.2, 0) is 11.2 Å². The van der Waals surface area contributed by atoms with Crippen LogP contribution < -0.4 is 10.1 Å². The number of carbonyl (C=O) groups is 1. The number of nitrogens with zero attached hydrogens (tertiary/aromatic N) is 1. The highest BCUT2D eigenvalue weighted by atomic mass is 35.5. The second-order valence-electron chi connectivity index (χ2n) is 5.90. The molecule has 0 aliphatic heterocycles. The largest absolute Gasteiger partial charge is 0.495 e. The molecule has 0 fully saturated rings. The maximum Gasteiger partial charge on any atom is 0.230 e. The molecule has 2 heterocycles. The molecule has 0 radical (unpaired) electrons. The number of carbonyl (C=O) groups excluding carboxylic acids is 1. The molecule has 0 aliphatic carbocycles. The zero-order valence-corrected chi connectivity index (χ0v) is 15.1. The summed E-state index contributed by atoms with van der Waals surface area (Å²) in [5.74, 6) is 1.29. The second kappa shape index (κ2) is 7.17. The van der Waals surface area contributed by atoms with E-state index in [0.717, 1.165) is 11.0 Å². The Bertz CT molecular complexity index is 1080. The van der Waals surface area contributed by atoms with Gasteiger partial charge in [-0.1, -0.05) is 35.0 Å². The summed E-state index contributed by atoms with van der Waals surface area (Å²) >= 11 is 5.98. The summed E-state index contributed by atoms with van der Waals surface area (Å²) in [6.07, 6.45) is 0.0411. The molecule has 0 saturated carbocycles. The number of nitrogens with one attached hydrogen (secondary N) is 1. The molecule has 4 rings (SSSR count). The lowest BCUT2D eigenvalue weighted by Gasteiger charge is -2.09. The van der Waals surface area contributed by atoms with Crippen molar-refractivity contribution in [3.63, 3.8) is 0 Å². The molecule has 0 unspecified atom stereocenters. The van der Waals surface area contributed by atoms with Gasteiger partial charge in [-0.3, -0.25) is 4.79 Å². The maximum absolute atomic E-state index is 12.3. The highest BCUT2D eigenvalue weighted by Crippen LogP contribution is 2.29. The minimum absolute atomic E-state index is 0.0411. The summed E-state index contributed by atoms with van der Waals surface area (Å²) in [6.45, 7) is 0. The predicted octanol–water partition coefficient (Wildman–Crippen LogP) is 4.93. The molecular weight excluding hydrogens is 368 g/mol. The molecule has 0 spiro atoms. The number of furan rings is 1. The third-order valence-corrected chi connectivity index (χ3v) is 4.24. The molecule has 2 aromatic carbocycles. The van der Waals surface area contributed by atoms with E-state index in [1.54, 1.807) is 24.3 Å². The quantitative estimate of drug-likeness (QED) is 0.529. The number of halogens is 1. The van der Waals surface area contributed by atoms with Crippen molar-refractivity contribution < 1.29 is 18.5 Å². The maximum atomic E-state index is 12.3. The number of amides is 1. The SMILES string of the molecule is COc1ccc(Cl)cc1NC(=O)Cc1cc(-c2cc3ccccc3o2)on1. The zero-order valence-electron chi connectivity index (χ0n) is 14.4. The number of benzene rings is 2. The molecule has 0 saturated heterocycles. The van der Waals surface area contributed by atoms with Crippen LogP contribution in [0, 0.1) is 0 Å². The predicted molar refractivity (Wildman–Crippen MR) is 102 cm³/mol. The van der Waals surface area contributed by atoms with E-state index < -0.39 is 0 Å². The van der Waals surface area contributed by atoms with Crippen molar-refractivity contribution in [3.05, 3.63) is 65.3 Å². The molecule has 0 aliphatic rings. The first-order chi connectivity index (χ1) is 13.1. The van der Waals surface area contributed by atoms with Gasteiger partial charge in [-0.25, -0.2) is 0 Å². The zero-order chi connectivity index (χ0) is 18.8. The molecule has 136 valence electrons. The Morgan fingerprint density at radius 2 is 2.00 bits per heavy atom. The third kappa shape index (κ3) is 3.66. The Labute approximate surface area is 159 Å². The first-order valence-corrected chi connectivity index (χ1v) is 8.58. The van der Waals surface area contributed by atoms with Crippen LogP contribution in [0.1, 0.15) is 5.69 Å². The highest BCUT2D eigenvalue weighted by Gasteiger charge is 2.15. The molecule has 0 bridgehead atoms. The molecule has 6 nitrogen and oxygen atoms in total. The van der Waals surface area contributed by atoms with Crippen molar-refractivity contribution in [1.82, 2.24) is 5.16 Å². The number of anilines is 1. The Balaban J connectivity index is 1.49. The van der Waals surface area contributed by atoms with E-state index in [1.165, 1.54) is 7.11 Å². The number of hydrogen-bond acceptors (Lipinski definition) is 5. The van der Waals surface area contributed by atoms with Gasteiger partial charge in [0.15, 0.2) is 5.76 Å². The summed E-state index contributed by atoms with van der Waals surface area (Å²) in [7, 11) is 1.52. The summed E-state index contributed by atoms with van der Waals surface area (Å²) in [5, 5.41) is 8.19. The monoisotopic (exact) mass is 382 g/mol. The van der Waals surface area contributed by atoms with Gasteiger partial charge in [0.2, 0.25) is 11.7 Å². The van der Waals surface area contributed by atoms with Gasteiger partial charge in [-0.2, -0.15) is 0 Å². The number of para-hydroxylation sites is 1. The van der Waals surface area contributed by atoms with Crippen LogP contribution in [0.4, 0.5) is 5.69 Å². The summed E-state index contributed by atoms with van der Waals surface area (Å²) < 4.78 is 16.3. The first-order valence-electron chi connectivity index (χ1n) is 8.20. The Kier molecular flexibility index (Phi) is 4.56. The van der Waals surface area contributed by atoms with Crippen LogP contribution in [0.3, 0.4) is 0 Å². The van der Waals surface area contributed by atoms with Gasteiger partial charge in [-0.05, 0) is 30.3 Å². The summed E-state index contributed by atoms with van der Waals surface area (Å²) in [5.41, 5.74) is 1.75. The number of ether oxygens (including phenoxy) is 1. The van der Waals surface area contributed by atoms with Crippen LogP contribution in [0.15, 0.2) is 63.5 Å². The number of fused-ring (bicyclic) bond motifs is 1. The van der Waals surface area contributed by atoms with E-state index in [2.05, 4.69) is 10.5 Å². The van der Waals surface area contributed by atoms with Crippen molar-refractivity contribution in [2.45, 2.75) is 6.42 Å². The third-order valence-electron chi connectivity index (χ3n) is 4.00. The molecule has 4 aromatic rings. The lowest BCUT2D eigenvalue weighted by atomic mass is 10.2. The molecule has 27 heavy (non-hydrogen) atoms. The Morgan fingerprint density at radius 1 is 1.15 bits per heavy atom. The van der Waals surface area contributed by atoms with E-state index >= 15 is 0 Å². The van der Waals surface area contributed by atoms with Gasteiger partial charge >= 0.3 is 0 Å². The Morgan fingerprint density at radius 3 is 2.81 bits per heavy atom. The van der Waals surface area contributed by atoms with E-state index in [-0.39, 0.29) is 12.3 Å². The van der Waals surface area contributed by atoms with Gasteiger partial charge in [0.25, 0.3) is 0 Å². The van der Waals surface area contributed by atoms with Gasteiger partial charge in [0.05, 0.1) is 24.9 Å². The minimum Gasteiger partial charge on any atom is -0.495 e. The van der Waals surface area contributed by atoms with E-state index in [9.17, 15) is 4.79 Å². The molecule has 7 heteroatoms. The minimum atomic E-state index is -0.264. The molecule has 1 N–H and O–H groups in total. The second-order valence-corrected chi connectivity index (χ2v) is 6.34. The van der Waals surface area contributed by atoms with E-state index in [4.69, 9.17) is 25.3 Å². The van der Waals surface area contributed by atoms with E-state index in [1.807, 2.05) is 30.3 Å². The van der Waals surface area contributed by atoms with Crippen LogP contribution in [-0.4, -0.2) is 18.2 Å². The lowest BCUT2D eigenvalue weighted by molar-refractivity contribution is -0.115. The van der Waals surface area contributed by atoms with Crippen molar-refractivity contribution in [3.8, 4) is 17.3 Å². The topological polar surface area (TPSA) is 77.5 Å².